The molecule has 4 nitrogen and oxygen atoms in total. The Balaban J connectivity index is 0.000000217. The van der Waals surface area contributed by atoms with Crippen LogP contribution in [0.5, 0.6) is 0 Å². The summed E-state index contributed by atoms with van der Waals surface area (Å²) in [5.74, 6) is -0.884. The highest BCUT2D eigenvalue weighted by molar-refractivity contribution is 6.26. The lowest BCUT2D eigenvalue weighted by Crippen LogP contribution is -2.27. The molecule has 5 heteroatoms. The number of carbonyl (C=O) groups is 2. The molecule has 1 aliphatic heterocycles. The molecule has 0 atom stereocenters. The zero-order chi connectivity index (χ0) is 9.40. The van der Waals surface area contributed by atoms with Crippen molar-refractivity contribution in [2.24, 2.45) is 0 Å². The number of hydrogen-bond donors (Lipinski definition) is 2. The number of rotatable bonds is 1. The quantitative estimate of drug-likeness (QED) is 0.586. The van der Waals surface area contributed by atoms with E-state index in [4.69, 9.17) is 16.7 Å². The summed E-state index contributed by atoms with van der Waals surface area (Å²) < 4.78 is 0. The Kier molecular flexibility index (Phi) is 6.70. The first-order chi connectivity index (χ1) is 5.66. The molecule has 0 spiro atoms. The number of carboxylic acid groups (broad SMARTS) is 1. The maximum absolute atomic E-state index is 10.4. The van der Waals surface area contributed by atoms with Crippen LogP contribution in [0, 0.1) is 0 Å². The smallest absolute Gasteiger partial charge is 0.318 e. The maximum atomic E-state index is 10.4. The normalized spacial score (nSPS) is 16.2. The molecule has 1 rings (SSSR count). The molecule has 0 aromatic carbocycles. The van der Waals surface area contributed by atoms with Gasteiger partial charge in [-0.05, 0) is 0 Å². The number of piperidine rings is 1. The predicted molar refractivity (Wildman–Crippen MR) is 45.5 cm³/mol. The molecule has 0 radical (unpaired) electrons. The van der Waals surface area contributed by atoms with E-state index in [0.29, 0.717) is 5.78 Å². The summed E-state index contributed by atoms with van der Waals surface area (Å²) in [6.45, 7) is 1.78. The number of hydrogen-bond acceptors (Lipinski definition) is 3. The highest BCUT2D eigenvalue weighted by Crippen LogP contribution is 1.91. The monoisotopic (exact) mass is 193 g/mol. The molecule has 70 valence electrons. The number of alkyl halides is 1. The third kappa shape index (κ3) is 7.50. The zero-order valence-corrected chi connectivity index (χ0v) is 7.43. The van der Waals surface area contributed by atoms with Crippen molar-refractivity contribution < 1.29 is 14.7 Å². The van der Waals surface area contributed by atoms with Gasteiger partial charge < -0.3 is 10.4 Å². The van der Waals surface area contributed by atoms with Crippen molar-refractivity contribution in [1.29, 1.82) is 0 Å². The summed E-state index contributed by atoms with van der Waals surface area (Å²) in [5.41, 5.74) is 0. The Labute approximate surface area is 75.9 Å². The minimum Gasteiger partial charge on any atom is -0.480 e. The molecule has 2 N–H and O–H groups in total. The van der Waals surface area contributed by atoms with Crippen molar-refractivity contribution in [1.82, 2.24) is 5.32 Å². The van der Waals surface area contributed by atoms with E-state index in [1.54, 1.807) is 0 Å². The molecule has 0 bridgehead atoms. The van der Waals surface area contributed by atoms with Crippen LogP contribution in [-0.2, 0) is 9.59 Å². The molecule has 0 aromatic rings. The molecule has 1 aliphatic rings. The fourth-order valence-electron chi connectivity index (χ4n) is 0.706. The number of aliphatic carboxylic acids is 1. The third-order valence-electron chi connectivity index (χ3n) is 1.28. The van der Waals surface area contributed by atoms with Crippen molar-refractivity contribution in [2.45, 2.75) is 12.8 Å². The van der Waals surface area contributed by atoms with E-state index in [1.165, 1.54) is 0 Å². The van der Waals surface area contributed by atoms with Gasteiger partial charge >= 0.3 is 5.97 Å². The van der Waals surface area contributed by atoms with Crippen molar-refractivity contribution >= 4 is 23.4 Å². The first-order valence-corrected chi connectivity index (χ1v) is 4.20. The van der Waals surface area contributed by atoms with Gasteiger partial charge in [0.2, 0.25) is 0 Å². The Morgan fingerprint density at radius 3 is 2.08 bits per heavy atom. The van der Waals surface area contributed by atoms with Crippen LogP contribution in [0.4, 0.5) is 0 Å². The van der Waals surface area contributed by atoms with Crippen molar-refractivity contribution in [2.75, 3.05) is 19.0 Å². The summed E-state index contributed by atoms with van der Waals surface area (Å²) in [5, 5.41) is 10.7. The van der Waals surface area contributed by atoms with E-state index in [2.05, 4.69) is 5.32 Å². The lowest BCUT2D eigenvalue weighted by molar-refractivity contribution is -0.134. The second-order valence-corrected chi connectivity index (χ2v) is 2.58. The Hall–Kier alpha value is -0.610. The topological polar surface area (TPSA) is 66.4 Å². The van der Waals surface area contributed by atoms with Gasteiger partial charge in [0.05, 0.1) is 0 Å². The first kappa shape index (κ1) is 11.4. The Morgan fingerprint density at radius 1 is 1.50 bits per heavy atom. The van der Waals surface area contributed by atoms with E-state index in [0.717, 1.165) is 25.9 Å². The summed E-state index contributed by atoms with van der Waals surface area (Å²) in [6, 6.07) is 0. The minimum absolute atomic E-state index is 0.306. The molecule has 0 unspecified atom stereocenters. The second kappa shape index (κ2) is 7.06. The van der Waals surface area contributed by atoms with Crippen LogP contribution in [0.25, 0.3) is 0 Å². The van der Waals surface area contributed by atoms with Crippen LogP contribution in [0.15, 0.2) is 0 Å². The van der Waals surface area contributed by atoms with Gasteiger partial charge in [0.15, 0.2) is 0 Å². The highest BCUT2D eigenvalue weighted by Gasteiger charge is 2.04. The molecule has 1 fully saturated rings. The molecule has 1 saturated heterocycles. The molecular formula is C7H12ClNO3. The van der Waals surface area contributed by atoms with Crippen molar-refractivity contribution in [3.8, 4) is 0 Å². The van der Waals surface area contributed by atoms with E-state index in [9.17, 15) is 9.59 Å². The van der Waals surface area contributed by atoms with E-state index >= 15 is 0 Å². The van der Waals surface area contributed by atoms with Crippen LogP contribution in [0.1, 0.15) is 12.8 Å². The Morgan fingerprint density at radius 2 is 1.92 bits per heavy atom. The van der Waals surface area contributed by atoms with Gasteiger partial charge in [-0.3, -0.25) is 9.59 Å². The standard InChI is InChI=1S/C5H9NO.C2H3ClO2/c7-5-1-3-6-4-2-5;3-1-2(4)5/h6H,1-4H2;1H2,(H,4,5). The summed E-state index contributed by atoms with van der Waals surface area (Å²) >= 11 is 4.74. The van der Waals surface area contributed by atoms with Crippen LogP contribution in [0.3, 0.4) is 0 Å². The van der Waals surface area contributed by atoms with Gasteiger partial charge in [0, 0.05) is 25.9 Å². The molecule has 12 heavy (non-hydrogen) atoms. The number of Topliss-reactive ketones (excluding diaryl/α,β-unsaturated/α-hetero) is 1. The van der Waals surface area contributed by atoms with Gasteiger partial charge in [-0.2, -0.15) is 0 Å². The van der Waals surface area contributed by atoms with Gasteiger partial charge in [0.25, 0.3) is 0 Å². The summed E-state index contributed by atoms with van der Waals surface area (Å²) in [4.78, 5) is 19.7. The van der Waals surface area contributed by atoms with Gasteiger partial charge in [0.1, 0.15) is 11.7 Å². The summed E-state index contributed by atoms with van der Waals surface area (Å²) in [6.07, 6.45) is 1.47. The SMILES string of the molecule is O=C(O)CCl.O=C1CCNCC1. The molecule has 0 saturated carbocycles. The average Bonchev–Trinajstić information content (AvgIpc) is 2.07. The Bertz CT molecular complexity index is 153. The number of carboxylic acids is 1. The fourth-order valence-corrected chi connectivity index (χ4v) is 0.706. The van der Waals surface area contributed by atoms with Gasteiger partial charge in [-0.1, -0.05) is 0 Å². The molecule has 0 aromatic heterocycles. The van der Waals surface area contributed by atoms with Gasteiger partial charge in [-0.25, -0.2) is 0 Å². The number of nitrogens with one attached hydrogen (secondary N) is 1. The van der Waals surface area contributed by atoms with Crippen LogP contribution in [-0.4, -0.2) is 35.8 Å². The molecule has 0 aliphatic carbocycles. The number of halogens is 1. The predicted octanol–water partition coefficient (Wildman–Crippen LogP) is 0.249. The van der Waals surface area contributed by atoms with E-state index in [1.807, 2.05) is 0 Å². The lowest BCUT2D eigenvalue weighted by Gasteiger charge is -2.08. The van der Waals surface area contributed by atoms with Gasteiger partial charge in [-0.15, -0.1) is 11.6 Å². The minimum atomic E-state index is -0.980. The lowest BCUT2D eigenvalue weighted by atomic mass is 10.1. The van der Waals surface area contributed by atoms with Crippen molar-refractivity contribution in [3.63, 3.8) is 0 Å². The molecule has 0 amide bonds. The maximum Gasteiger partial charge on any atom is 0.318 e. The molecule has 1 heterocycles. The average molecular weight is 194 g/mol. The number of ketones is 1. The highest BCUT2D eigenvalue weighted by atomic mass is 35.5. The van der Waals surface area contributed by atoms with Crippen LogP contribution >= 0.6 is 11.6 Å². The largest absolute Gasteiger partial charge is 0.480 e. The number of carbonyl (C=O) groups excluding carboxylic acids is 1. The molecular weight excluding hydrogens is 182 g/mol. The third-order valence-corrected chi connectivity index (χ3v) is 1.50. The first-order valence-electron chi connectivity index (χ1n) is 3.67. The zero-order valence-electron chi connectivity index (χ0n) is 6.68. The summed E-state index contributed by atoms with van der Waals surface area (Å²) in [7, 11) is 0. The van der Waals surface area contributed by atoms with Crippen molar-refractivity contribution in [3.05, 3.63) is 0 Å². The fraction of sp³-hybridized carbons (Fsp3) is 0.714. The van der Waals surface area contributed by atoms with E-state index in [-0.39, 0.29) is 5.88 Å². The van der Waals surface area contributed by atoms with Crippen LogP contribution in [0.2, 0.25) is 0 Å². The van der Waals surface area contributed by atoms with E-state index < -0.39 is 5.97 Å². The second-order valence-electron chi connectivity index (χ2n) is 2.32. The van der Waals surface area contributed by atoms with Crippen LogP contribution < -0.4 is 5.32 Å².